The maximum atomic E-state index is 11.8. The topological polar surface area (TPSA) is 81.0 Å². The average Bonchev–Trinajstić information content (AvgIpc) is 2.88. The van der Waals surface area contributed by atoms with Gasteiger partial charge in [0.05, 0.1) is 12.1 Å². The summed E-state index contributed by atoms with van der Waals surface area (Å²) in [4.78, 5) is 19.0. The number of aromatic nitrogens is 2. The zero-order chi connectivity index (χ0) is 14.0. The van der Waals surface area contributed by atoms with Crippen molar-refractivity contribution >= 4 is 21.6 Å². The summed E-state index contributed by atoms with van der Waals surface area (Å²) in [6, 6.07) is 1.85. The number of aromatic amines is 1. The third-order valence-corrected chi connectivity index (χ3v) is 4.74. The summed E-state index contributed by atoms with van der Waals surface area (Å²) in [6.07, 6.45) is 5.65. The maximum Gasteiger partial charge on any atom is 0.268 e. The van der Waals surface area contributed by atoms with Gasteiger partial charge in [-0.2, -0.15) is 0 Å². The van der Waals surface area contributed by atoms with Crippen molar-refractivity contribution in [2.75, 3.05) is 6.61 Å². The lowest BCUT2D eigenvalue weighted by Gasteiger charge is -2.32. The van der Waals surface area contributed by atoms with E-state index >= 15 is 0 Å². The summed E-state index contributed by atoms with van der Waals surface area (Å²) < 4.78 is 6.35. The van der Waals surface area contributed by atoms with Gasteiger partial charge in [-0.05, 0) is 24.3 Å². The molecule has 0 unspecified atom stereocenters. The summed E-state index contributed by atoms with van der Waals surface area (Å²) in [5, 5.41) is 1.87. The number of ether oxygens (including phenoxy) is 1. The molecule has 1 fully saturated rings. The predicted molar refractivity (Wildman–Crippen MR) is 79.9 cm³/mol. The fourth-order valence-corrected chi connectivity index (χ4v) is 3.47. The largest absolute Gasteiger partial charge is 0.372 e. The van der Waals surface area contributed by atoms with Gasteiger partial charge in [0, 0.05) is 5.54 Å². The molecule has 1 aliphatic carbocycles. The number of nitrogens with zero attached hydrogens (tertiary/aromatic N) is 1. The molecule has 108 valence electrons. The molecule has 1 aliphatic rings. The van der Waals surface area contributed by atoms with Gasteiger partial charge in [0.15, 0.2) is 0 Å². The first-order chi connectivity index (χ1) is 9.66. The van der Waals surface area contributed by atoms with Crippen molar-refractivity contribution in [2.45, 2.75) is 44.2 Å². The Morgan fingerprint density at radius 2 is 2.20 bits per heavy atom. The highest BCUT2D eigenvalue weighted by Crippen LogP contribution is 2.26. The minimum absolute atomic E-state index is 0.0938. The van der Waals surface area contributed by atoms with Gasteiger partial charge in [-0.1, -0.05) is 19.3 Å². The van der Waals surface area contributed by atoms with E-state index in [4.69, 9.17) is 10.5 Å². The van der Waals surface area contributed by atoms with E-state index in [0.29, 0.717) is 23.7 Å². The van der Waals surface area contributed by atoms with Gasteiger partial charge in [-0.25, -0.2) is 4.98 Å². The minimum Gasteiger partial charge on any atom is -0.372 e. The number of nitrogens with two attached hydrogens (primary N) is 1. The van der Waals surface area contributed by atoms with Gasteiger partial charge >= 0.3 is 0 Å². The Hall–Kier alpha value is -1.24. The van der Waals surface area contributed by atoms with E-state index in [-0.39, 0.29) is 11.1 Å². The number of fused-ring (bicyclic) bond motifs is 1. The molecular formula is C14H19N3O2S. The van der Waals surface area contributed by atoms with Crippen molar-refractivity contribution < 1.29 is 4.74 Å². The minimum atomic E-state index is -0.203. The summed E-state index contributed by atoms with van der Waals surface area (Å²) in [6.45, 7) is 0.832. The Labute approximate surface area is 121 Å². The van der Waals surface area contributed by atoms with E-state index in [1.54, 1.807) is 0 Å². The van der Waals surface area contributed by atoms with Crippen LogP contribution in [-0.4, -0.2) is 22.1 Å². The summed E-state index contributed by atoms with van der Waals surface area (Å²) in [7, 11) is 0. The van der Waals surface area contributed by atoms with Gasteiger partial charge in [-0.3, -0.25) is 4.79 Å². The van der Waals surface area contributed by atoms with E-state index in [0.717, 1.165) is 18.4 Å². The monoisotopic (exact) mass is 293 g/mol. The molecule has 0 atom stereocenters. The van der Waals surface area contributed by atoms with Gasteiger partial charge in [0.2, 0.25) is 0 Å². The Morgan fingerprint density at radius 1 is 1.40 bits per heavy atom. The second-order valence-electron chi connectivity index (χ2n) is 5.56. The molecule has 3 rings (SSSR count). The molecule has 0 aromatic carbocycles. The quantitative estimate of drug-likeness (QED) is 0.905. The van der Waals surface area contributed by atoms with Crippen molar-refractivity contribution in [3.05, 3.63) is 27.6 Å². The number of rotatable bonds is 4. The standard InChI is InChI=1S/C14H19N3O2S/c15-14(5-2-1-3-6-14)9-19-8-11-16-10-4-7-20-12(10)13(18)17-11/h4,7H,1-3,5-6,8-9,15H2,(H,16,17,18). The van der Waals surface area contributed by atoms with Crippen LogP contribution < -0.4 is 11.3 Å². The number of H-pyrrole nitrogens is 1. The molecule has 0 radical (unpaired) electrons. The number of hydrogen-bond acceptors (Lipinski definition) is 5. The van der Waals surface area contributed by atoms with Crippen LogP contribution in [0.25, 0.3) is 10.2 Å². The Morgan fingerprint density at radius 3 is 3.00 bits per heavy atom. The second kappa shape index (κ2) is 5.63. The first kappa shape index (κ1) is 13.7. The van der Waals surface area contributed by atoms with Crippen LogP contribution in [0.4, 0.5) is 0 Å². The molecule has 20 heavy (non-hydrogen) atoms. The summed E-state index contributed by atoms with van der Waals surface area (Å²) >= 11 is 1.40. The fraction of sp³-hybridized carbons (Fsp3) is 0.571. The van der Waals surface area contributed by atoms with Gasteiger partial charge in [-0.15, -0.1) is 11.3 Å². The van der Waals surface area contributed by atoms with Crippen molar-refractivity contribution in [1.82, 2.24) is 9.97 Å². The Bertz CT molecular complexity index is 643. The normalized spacial score (nSPS) is 18.4. The maximum absolute atomic E-state index is 11.8. The molecule has 0 saturated heterocycles. The lowest BCUT2D eigenvalue weighted by Crippen LogP contribution is -2.46. The van der Waals surface area contributed by atoms with Crippen LogP contribution in [0.3, 0.4) is 0 Å². The fourth-order valence-electron chi connectivity index (χ4n) is 2.74. The smallest absolute Gasteiger partial charge is 0.268 e. The zero-order valence-corrected chi connectivity index (χ0v) is 12.2. The Balaban J connectivity index is 1.63. The van der Waals surface area contributed by atoms with Crippen LogP contribution in [0.5, 0.6) is 0 Å². The van der Waals surface area contributed by atoms with Crippen molar-refractivity contribution in [2.24, 2.45) is 5.73 Å². The highest BCUT2D eigenvalue weighted by Gasteiger charge is 2.27. The van der Waals surface area contributed by atoms with Crippen LogP contribution in [0, 0.1) is 0 Å². The van der Waals surface area contributed by atoms with E-state index in [1.165, 1.54) is 30.6 Å². The average molecular weight is 293 g/mol. The molecule has 3 N–H and O–H groups in total. The molecule has 1 saturated carbocycles. The summed E-state index contributed by atoms with van der Waals surface area (Å²) in [5.74, 6) is 0.570. The molecule has 0 bridgehead atoms. The third-order valence-electron chi connectivity index (χ3n) is 3.84. The Kier molecular flexibility index (Phi) is 3.87. The van der Waals surface area contributed by atoms with Gasteiger partial charge in [0.25, 0.3) is 5.56 Å². The highest BCUT2D eigenvalue weighted by molar-refractivity contribution is 7.17. The second-order valence-corrected chi connectivity index (χ2v) is 6.48. The molecule has 0 spiro atoms. The number of thiophene rings is 1. The van der Waals surface area contributed by atoms with Crippen LogP contribution in [0.2, 0.25) is 0 Å². The highest BCUT2D eigenvalue weighted by atomic mass is 32.1. The zero-order valence-electron chi connectivity index (χ0n) is 11.4. The van der Waals surface area contributed by atoms with Crippen molar-refractivity contribution in [3.63, 3.8) is 0 Å². The third kappa shape index (κ3) is 2.92. The SMILES string of the molecule is NC1(COCc2nc3ccsc3c(=O)[nH]2)CCCCC1. The lowest BCUT2D eigenvalue weighted by atomic mass is 9.83. The van der Waals surface area contributed by atoms with Gasteiger partial charge in [0.1, 0.15) is 17.1 Å². The molecule has 2 aromatic heterocycles. The molecule has 2 aromatic rings. The van der Waals surface area contributed by atoms with E-state index < -0.39 is 0 Å². The summed E-state index contributed by atoms with van der Waals surface area (Å²) in [5.41, 5.74) is 6.75. The molecule has 6 heteroatoms. The molecule has 0 aliphatic heterocycles. The van der Waals surface area contributed by atoms with E-state index in [9.17, 15) is 4.79 Å². The molecule has 5 nitrogen and oxygen atoms in total. The number of nitrogens with one attached hydrogen (secondary N) is 1. The first-order valence-electron chi connectivity index (χ1n) is 6.99. The first-order valence-corrected chi connectivity index (χ1v) is 7.87. The predicted octanol–water partition coefficient (Wildman–Crippen LogP) is 2.16. The van der Waals surface area contributed by atoms with Crippen LogP contribution in [0.15, 0.2) is 16.2 Å². The van der Waals surface area contributed by atoms with E-state index in [1.807, 2.05) is 11.4 Å². The van der Waals surface area contributed by atoms with Crippen molar-refractivity contribution in [3.8, 4) is 0 Å². The molecular weight excluding hydrogens is 274 g/mol. The van der Waals surface area contributed by atoms with Crippen LogP contribution >= 0.6 is 11.3 Å². The molecule has 2 heterocycles. The lowest BCUT2D eigenvalue weighted by molar-refractivity contribution is 0.0540. The molecule has 0 amide bonds. The van der Waals surface area contributed by atoms with Crippen LogP contribution in [-0.2, 0) is 11.3 Å². The van der Waals surface area contributed by atoms with E-state index in [2.05, 4.69) is 9.97 Å². The van der Waals surface area contributed by atoms with Crippen LogP contribution in [0.1, 0.15) is 37.9 Å². The van der Waals surface area contributed by atoms with Crippen molar-refractivity contribution in [1.29, 1.82) is 0 Å². The number of hydrogen-bond donors (Lipinski definition) is 2. The van der Waals surface area contributed by atoms with Gasteiger partial charge < -0.3 is 15.5 Å².